The zero-order valence-electron chi connectivity index (χ0n) is 41.3. The largest absolute Gasteiger partial charge is 0.453 e. The molecule has 14 nitrogen and oxygen atoms in total. The maximum Gasteiger partial charge on any atom is 0.407 e. The molecule has 2 saturated carbocycles. The van der Waals surface area contributed by atoms with Gasteiger partial charge in [0.05, 0.1) is 50.1 Å². The Morgan fingerprint density at radius 1 is 0.543 bits per heavy atom. The van der Waals surface area contributed by atoms with Gasteiger partial charge in [0.2, 0.25) is 11.8 Å². The van der Waals surface area contributed by atoms with Gasteiger partial charge >= 0.3 is 12.2 Å². The van der Waals surface area contributed by atoms with Crippen molar-refractivity contribution >= 4 is 24.0 Å². The van der Waals surface area contributed by atoms with Gasteiger partial charge < -0.3 is 39.9 Å². The lowest BCUT2D eigenvalue weighted by molar-refractivity contribution is -0.136. The lowest BCUT2D eigenvalue weighted by Crippen LogP contribution is -2.51. The van der Waals surface area contributed by atoms with Crippen molar-refractivity contribution < 1.29 is 28.7 Å². The average molecular weight is 947 g/mol. The number of rotatable bonds is 12. The fraction of sp³-hybridized carbons (Fsp3) is 0.500. The first kappa shape index (κ1) is 46.0. The zero-order chi connectivity index (χ0) is 48.5. The molecule has 11 rings (SSSR count). The summed E-state index contributed by atoms with van der Waals surface area (Å²) in [5.74, 6) is 3.31. The van der Waals surface area contributed by atoms with Gasteiger partial charge in [-0.05, 0) is 150 Å². The van der Waals surface area contributed by atoms with Crippen LogP contribution in [0.15, 0.2) is 60.9 Å². The number of H-pyrrole nitrogens is 2. The number of nitrogens with zero attached hydrogens (tertiary/aromatic N) is 4. The minimum atomic E-state index is -0.682. The quantitative estimate of drug-likeness (QED) is 0.0956. The van der Waals surface area contributed by atoms with E-state index >= 15 is 0 Å². The monoisotopic (exact) mass is 947 g/mol. The van der Waals surface area contributed by atoms with E-state index in [2.05, 4.69) is 69.1 Å². The van der Waals surface area contributed by atoms with Crippen LogP contribution in [-0.4, -0.2) is 93.1 Å². The van der Waals surface area contributed by atoms with Crippen molar-refractivity contribution in [2.45, 2.75) is 140 Å². The summed E-state index contributed by atoms with van der Waals surface area (Å²) in [5, 5.41) is 5.51. The number of aromatic amines is 2. The number of nitrogens with one attached hydrogen (secondary N) is 4. The molecule has 4 heterocycles. The highest BCUT2D eigenvalue weighted by molar-refractivity contribution is 5.88. The Kier molecular flexibility index (Phi) is 12.1. The summed E-state index contributed by atoms with van der Waals surface area (Å²) in [5.41, 5.74) is 15.7. The van der Waals surface area contributed by atoms with Gasteiger partial charge in [-0.15, -0.1) is 0 Å². The first-order valence-electron chi connectivity index (χ1n) is 25.8. The molecule has 0 radical (unpaired) electrons. The third-order valence-electron chi connectivity index (χ3n) is 16.8. The van der Waals surface area contributed by atoms with Crippen LogP contribution in [0.25, 0.3) is 44.8 Å². The van der Waals surface area contributed by atoms with Crippen LogP contribution in [0.1, 0.15) is 162 Å². The molecule has 4 bridgehead atoms. The topological polar surface area (TPSA) is 175 Å². The van der Waals surface area contributed by atoms with Crippen LogP contribution in [0.5, 0.6) is 0 Å². The fourth-order valence-corrected chi connectivity index (χ4v) is 13.5. The number of benzene rings is 3. The molecule has 3 aromatic carbocycles. The predicted octanol–water partition coefficient (Wildman–Crippen LogP) is 10.6. The first-order valence-corrected chi connectivity index (χ1v) is 25.8. The normalized spacial score (nSPS) is 23.8. The Hall–Kier alpha value is -6.44. The lowest BCUT2D eigenvalue weighted by Gasteiger charge is -2.30. The van der Waals surface area contributed by atoms with Gasteiger partial charge in [0, 0.05) is 18.7 Å². The molecule has 366 valence electrons. The van der Waals surface area contributed by atoms with E-state index in [1.165, 1.54) is 97.3 Å². The standard InChI is InChI=1S/C56H66N8O6/c1-29(2)49(61-55(67)69-5)53(65)63-23-7-9-43(63)51-57-27-41(59-51)32-13-11-31(12-14-32)37-19-20-38(46-34-16-15-33(25-34)45(37)46)39-21-22-40(48-36-18-17-35(26-36)47(39)48)42-28-58-52(60-42)44-10-8-24-64(44)54(66)50(30(3)4)62-56(68)70-6/h11-14,19-22,27-30,33-36,43-44,49-50H,7-10,15-18,23-26H2,1-6H3,(H,57,59)(H,58,60)(H,61,67)(H,62,68)/t33?,34?,35?,36?,43-,44-,49-,50-/m0/s1. The van der Waals surface area contributed by atoms with Crippen LogP contribution in [0.3, 0.4) is 0 Å². The Labute approximate surface area is 410 Å². The number of fused-ring (bicyclic) bond motifs is 10. The van der Waals surface area contributed by atoms with Gasteiger partial charge in [-0.1, -0.05) is 76.2 Å². The number of carbonyl (C=O) groups is 4. The van der Waals surface area contributed by atoms with Crippen molar-refractivity contribution in [1.29, 1.82) is 0 Å². The van der Waals surface area contributed by atoms with Crippen LogP contribution < -0.4 is 10.6 Å². The highest BCUT2D eigenvalue weighted by Gasteiger charge is 2.45. The van der Waals surface area contributed by atoms with E-state index in [-0.39, 0.29) is 35.7 Å². The van der Waals surface area contributed by atoms with Gasteiger partial charge in [-0.2, -0.15) is 0 Å². The van der Waals surface area contributed by atoms with Crippen molar-refractivity contribution in [3.8, 4) is 44.8 Å². The van der Waals surface area contributed by atoms with Crippen LogP contribution >= 0.6 is 0 Å². The third kappa shape index (κ3) is 7.85. The smallest absolute Gasteiger partial charge is 0.407 e. The van der Waals surface area contributed by atoms with Crippen molar-refractivity contribution in [1.82, 2.24) is 40.4 Å². The Bertz CT molecular complexity index is 2850. The fourth-order valence-electron chi connectivity index (χ4n) is 13.5. The van der Waals surface area contributed by atoms with Crippen molar-refractivity contribution in [2.75, 3.05) is 27.3 Å². The second-order valence-corrected chi connectivity index (χ2v) is 21.4. The molecule has 0 spiro atoms. The summed E-state index contributed by atoms with van der Waals surface area (Å²) in [6.45, 7) is 8.95. The summed E-state index contributed by atoms with van der Waals surface area (Å²) in [4.78, 5) is 72.7. The second kappa shape index (κ2) is 18.4. The molecule has 4 amide bonds. The molecule has 6 aliphatic rings. The van der Waals surface area contributed by atoms with Gasteiger partial charge in [0.15, 0.2) is 0 Å². The number of likely N-dealkylation sites (tertiary alicyclic amines) is 2. The van der Waals surface area contributed by atoms with E-state index in [1.807, 2.05) is 49.9 Å². The van der Waals surface area contributed by atoms with Crippen molar-refractivity contribution in [3.05, 3.63) is 94.8 Å². The molecule has 2 saturated heterocycles. The number of amides is 4. The molecule has 4 N–H and O–H groups in total. The summed E-state index contributed by atoms with van der Waals surface area (Å²) in [6.07, 6.45) is 13.3. The Morgan fingerprint density at radius 3 is 1.41 bits per heavy atom. The minimum absolute atomic E-state index is 0.0976. The molecule has 2 aliphatic heterocycles. The zero-order valence-corrected chi connectivity index (χ0v) is 41.3. The molecule has 2 aromatic heterocycles. The molecule has 70 heavy (non-hydrogen) atoms. The lowest BCUT2D eigenvalue weighted by atomic mass is 9.77. The number of hydrogen-bond donors (Lipinski definition) is 4. The molecular formula is C56H66N8O6. The van der Waals surface area contributed by atoms with Crippen LogP contribution in [0.2, 0.25) is 0 Å². The maximum atomic E-state index is 13.9. The van der Waals surface area contributed by atoms with E-state index in [0.717, 1.165) is 54.3 Å². The number of alkyl carbamates (subject to hydrolysis) is 2. The van der Waals surface area contributed by atoms with Gasteiger partial charge in [-0.25, -0.2) is 19.6 Å². The Morgan fingerprint density at radius 2 is 0.943 bits per heavy atom. The molecule has 5 aromatic rings. The number of hydrogen-bond acceptors (Lipinski definition) is 8. The van der Waals surface area contributed by atoms with E-state index in [1.54, 1.807) is 5.56 Å². The third-order valence-corrected chi connectivity index (χ3v) is 16.8. The summed E-state index contributed by atoms with van der Waals surface area (Å²) >= 11 is 0. The van der Waals surface area contributed by atoms with Crippen molar-refractivity contribution in [2.24, 2.45) is 11.8 Å². The van der Waals surface area contributed by atoms with Gasteiger partial charge in [-0.3, -0.25) is 9.59 Å². The molecule has 8 atom stereocenters. The molecule has 4 aliphatic carbocycles. The predicted molar refractivity (Wildman–Crippen MR) is 267 cm³/mol. The van der Waals surface area contributed by atoms with E-state index in [4.69, 9.17) is 19.4 Å². The SMILES string of the molecule is COC(=O)N[C@H](C(=O)N1CCC[C@H]1c1ncc(-c2ccc(-c3ccc(-c4ccc(-c5cnc([C@@H]6CCCN6C(=O)[C@@H](NC(=O)OC)C(C)C)[nH]5)c5c4C4CCC5C4)c4c3C3CCC4C3)cc2)[nH]1)C(C)C. The molecular weight excluding hydrogens is 881 g/mol. The maximum absolute atomic E-state index is 13.9. The van der Waals surface area contributed by atoms with E-state index < -0.39 is 24.3 Å². The van der Waals surface area contributed by atoms with Crippen LogP contribution in [0.4, 0.5) is 9.59 Å². The van der Waals surface area contributed by atoms with Crippen LogP contribution in [0, 0.1) is 11.8 Å². The van der Waals surface area contributed by atoms with E-state index in [0.29, 0.717) is 36.8 Å². The summed E-state index contributed by atoms with van der Waals surface area (Å²) in [6, 6.07) is 16.7. The minimum Gasteiger partial charge on any atom is -0.453 e. The second-order valence-electron chi connectivity index (χ2n) is 21.4. The number of imidazole rings is 2. The summed E-state index contributed by atoms with van der Waals surface area (Å²) < 4.78 is 9.67. The highest BCUT2D eigenvalue weighted by atomic mass is 16.5. The van der Waals surface area contributed by atoms with Crippen LogP contribution in [-0.2, 0) is 19.1 Å². The van der Waals surface area contributed by atoms with Gasteiger partial charge in [0.25, 0.3) is 0 Å². The van der Waals surface area contributed by atoms with Crippen molar-refractivity contribution in [3.63, 3.8) is 0 Å². The molecule has 4 fully saturated rings. The van der Waals surface area contributed by atoms with E-state index in [9.17, 15) is 19.2 Å². The average Bonchev–Trinajstić information content (AvgIpc) is 4.23. The first-order chi connectivity index (χ1) is 33.9. The molecule has 14 heteroatoms. The summed E-state index contributed by atoms with van der Waals surface area (Å²) in [7, 11) is 2.63. The molecule has 4 unspecified atom stereocenters. The van der Waals surface area contributed by atoms with Gasteiger partial charge in [0.1, 0.15) is 23.7 Å². The Balaban J connectivity index is 0.863. The number of methoxy groups -OCH3 is 2. The highest BCUT2D eigenvalue weighted by Crippen LogP contribution is 2.62. The number of ether oxygens (including phenoxy) is 2. The number of carbonyl (C=O) groups excluding carboxylic acids is 4. The number of aromatic nitrogens is 4.